The Bertz CT molecular complexity index is 1310. The predicted octanol–water partition coefficient (Wildman–Crippen LogP) is 6.60. The summed E-state index contributed by atoms with van der Waals surface area (Å²) < 4.78 is 39.9. The molecule has 178 valence electrons. The Morgan fingerprint density at radius 1 is 0.971 bits per heavy atom. The van der Waals surface area contributed by atoms with Crippen LogP contribution in [-0.4, -0.2) is 27.1 Å². The van der Waals surface area contributed by atoms with Gasteiger partial charge in [0.05, 0.1) is 16.2 Å². The zero-order valence-corrected chi connectivity index (χ0v) is 20.0. The van der Waals surface area contributed by atoms with Crippen molar-refractivity contribution in [2.24, 2.45) is 0 Å². The van der Waals surface area contributed by atoms with Crippen LogP contribution in [0, 0.1) is 0 Å². The number of anilines is 1. The van der Waals surface area contributed by atoms with Crippen molar-refractivity contribution in [2.75, 3.05) is 5.32 Å². The van der Waals surface area contributed by atoms with Crippen LogP contribution in [0.3, 0.4) is 0 Å². The van der Waals surface area contributed by atoms with Gasteiger partial charge in [-0.1, -0.05) is 90.7 Å². The molecule has 0 aliphatic carbocycles. The van der Waals surface area contributed by atoms with Crippen LogP contribution in [0.2, 0.25) is 0 Å². The molecule has 1 saturated heterocycles. The lowest BCUT2D eigenvalue weighted by atomic mass is 10.0. The van der Waals surface area contributed by atoms with Crippen LogP contribution in [0.4, 0.5) is 18.9 Å². The van der Waals surface area contributed by atoms with E-state index in [9.17, 15) is 22.8 Å². The zero-order chi connectivity index (χ0) is 25.2. The van der Waals surface area contributed by atoms with Gasteiger partial charge in [-0.15, -0.1) is 0 Å². The fraction of sp³-hybridized carbons (Fsp3) is 0.115. The summed E-state index contributed by atoms with van der Waals surface area (Å²) in [4.78, 5) is 27.2. The van der Waals surface area contributed by atoms with E-state index in [0.717, 1.165) is 45.5 Å². The maximum absolute atomic E-state index is 13.3. The Hall–Kier alpha value is -3.43. The van der Waals surface area contributed by atoms with Crippen LogP contribution >= 0.6 is 24.0 Å². The van der Waals surface area contributed by atoms with Crippen molar-refractivity contribution < 1.29 is 22.8 Å². The summed E-state index contributed by atoms with van der Waals surface area (Å²) in [5.74, 6) is -1.25. The smallest absolute Gasteiger partial charge is 0.324 e. The molecule has 0 bridgehead atoms. The molecule has 4 nitrogen and oxygen atoms in total. The number of amides is 2. The Kier molecular flexibility index (Phi) is 7.09. The number of alkyl halides is 3. The normalized spacial score (nSPS) is 16.0. The first-order valence-corrected chi connectivity index (χ1v) is 11.8. The number of halogens is 3. The lowest BCUT2D eigenvalue weighted by Crippen LogP contribution is -2.44. The molecular formula is C26H19F3N2O2S2. The lowest BCUT2D eigenvalue weighted by molar-refractivity contribution is -0.137. The van der Waals surface area contributed by atoms with Gasteiger partial charge in [-0.3, -0.25) is 14.5 Å². The number of hydrogen-bond donors (Lipinski definition) is 1. The molecule has 2 amide bonds. The van der Waals surface area contributed by atoms with E-state index < -0.39 is 29.6 Å². The van der Waals surface area contributed by atoms with E-state index in [4.69, 9.17) is 12.2 Å². The molecule has 3 aromatic rings. The molecule has 1 N–H and O–H groups in total. The first-order valence-electron chi connectivity index (χ1n) is 10.5. The van der Waals surface area contributed by atoms with Gasteiger partial charge in [-0.2, -0.15) is 13.2 Å². The Morgan fingerprint density at radius 2 is 1.57 bits per heavy atom. The van der Waals surface area contributed by atoms with E-state index in [-0.39, 0.29) is 10.0 Å². The average molecular weight is 513 g/mol. The van der Waals surface area contributed by atoms with Crippen molar-refractivity contribution in [3.05, 3.63) is 94.9 Å². The van der Waals surface area contributed by atoms with Gasteiger partial charge in [0, 0.05) is 0 Å². The summed E-state index contributed by atoms with van der Waals surface area (Å²) >= 11 is 6.35. The molecule has 9 heteroatoms. The molecule has 1 fully saturated rings. The average Bonchev–Trinajstić information content (AvgIpc) is 3.11. The molecule has 0 radical (unpaired) electrons. The van der Waals surface area contributed by atoms with Gasteiger partial charge in [0.15, 0.2) is 0 Å². The molecular weight excluding hydrogens is 493 g/mol. The Balaban J connectivity index is 1.50. The lowest BCUT2D eigenvalue weighted by Gasteiger charge is -2.23. The number of nitrogens with one attached hydrogen (secondary N) is 1. The SMILES string of the molecule is CC(C(=O)Nc1ccccc1C(F)(F)F)N1C(=O)/C(=C/c2ccc(-c3ccccc3)cc2)SC1=S. The molecule has 0 spiro atoms. The van der Waals surface area contributed by atoms with Gasteiger partial charge in [-0.05, 0) is 41.8 Å². The number of hydrogen-bond acceptors (Lipinski definition) is 4. The first kappa shape index (κ1) is 24.7. The second kappa shape index (κ2) is 10.1. The predicted molar refractivity (Wildman–Crippen MR) is 136 cm³/mol. The molecule has 3 aromatic carbocycles. The topological polar surface area (TPSA) is 49.4 Å². The molecule has 35 heavy (non-hydrogen) atoms. The summed E-state index contributed by atoms with van der Waals surface area (Å²) in [6, 6.07) is 21.0. The number of para-hydroxylation sites is 1. The van der Waals surface area contributed by atoms with E-state index in [1.807, 2.05) is 54.6 Å². The van der Waals surface area contributed by atoms with Crippen molar-refractivity contribution in [2.45, 2.75) is 19.1 Å². The zero-order valence-electron chi connectivity index (χ0n) is 18.4. The standard InChI is InChI=1S/C26H19F3N2O2S2/c1-16(23(32)30-21-10-6-5-9-20(21)26(27,28)29)31-24(33)22(35-25(31)34)15-17-11-13-19(14-12-17)18-7-3-2-4-8-18/h2-16H,1H3,(H,30,32)/b22-15-. The molecule has 0 aromatic heterocycles. The van der Waals surface area contributed by atoms with E-state index in [0.29, 0.717) is 4.91 Å². The highest BCUT2D eigenvalue weighted by atomic mass is 32.2. The number of rotatable bonds is 5. The molecule has 4 rings (SSSR count). The maximum atomic E-state index is 13.3. The minimum Gasteiger partial charge on any atom is -0.324 e. The number of carbonyl (C=O) groups excluding carboxylic acids is 2. The van der Waals surface area contributed by atoms with Crippen LogP contribution < -0.4 is 5.32 Å². The molecule has 1 aliphatic heterocycles. The minimum absolute atomic E-state index is 0.161. The van der Waals surface area contributed by atoms with Gasteiger partial charge in [0.25, 0.3) is 5.91 Å². The highest BCUT2D eigenvalue weighted by Crippen LogP contribution is 2.36. The summed E-state index contributed by atoms with van der Waals surface area (Å²) in [6.45, 7) is 1.42. The summed E-state index contributed by atoms with van der Waals surface area (Å²) in [7, 11) is 0. The number of nitrogens with zero attached hydrogens (tertiary/aromatic N) is 1. The van der Waals surface area contributed by atoms with Crippen LogP contribution in [0.5, 0.6) is 0 Å². The van der Waals surface area contributed by atoms with Crippen molar-refractivity contribution >= 4 is 51.9 Å². The highest BCUT2D eigenvalue weighted by molar-refractivity contribution is 8.26. The highest BCUT2D eigenvalue weighted by Gasteiger charge is 2.39. The van der Waals surface area contributed by atoms with Crippen LogP contribution in [0.1, 0.15) is 18.1 Å². The number of thiocarbonyl (C=S) groups is 1. The Morgan fingerprint density at radius 3 is 2.23 bits per heavy atom. The maximum Gasteiger partial charge on any atom is 0.418 e. The van der Waals surface area contributed by atoms with Gasteiger partial charge >= 0.3 is 6.18 Å². The van der Waals surface area contributed by atoms with Crippen LogP contribution in [0.25, 0.3) is 17.2 Å². The van der Waals surface area contributed by atoms with Crippen LogP contribution in [-0.2, 0) is 15.8 Å². The third-order valence-corrected chi connectivity index (χ3v) is 6.73. The molecule has 1 atom stereocenters. The molecule has 1 unspecified atom stereocenters. The fourth-order valence-electron chi connectivity index (χ4n) is 3.56. The monoisotopic (exact) mass is 512 g/mol. The summed E-state index contributed by atoms with van der Waals surface area (Å²) in [6.07, 6.45) is -2.95. The molecule has 1 aliphatic rings. The first-order chi connectivity index (χ1) is 16.6. The van der Waals surface area contributed by atoms with E-state index in [1.165, 1.54) is 19.1 Å². The minimum atomic E-state index is -4.63. The summed E-state index contributed by atoms with van der Waals surface area (Å²) in [5.41, 5.74) is 1.53. The van der Waals surface area contributed by atoms with E-state index in [1.54, 1.807) is 6.08 Å². The number of carbonyl (C=O) groups is 2. The van der Waals surface area contributed by atoms with Crippen molar-refractivity contribution in [3.8, 4) is 11.1 Å². The second-order valence-electron chi connectivity index (χ2n) is 7.75. The van der Waals surface area contributed by atoms with Crippen molar-refractivity contribution in [1.29, 1.82) is 0 Å². The van der Waals surface area contributed by atoms with Gasteiger partial charge in [-0.25, -0.2) is 0 Å². The largest absolute Gasteiger partial charge is 0.418 e. The quantitative estimate of drug-likeness (QED) is 0.309. The van der Waals surface area contributed by atoms with Gasteiger partial charge in [0.1, 0.15) is 10.4 Å². The number of thioether (sulfide) groups is 1. The third-order valence-electron chi connectivity index (χ3n) is 5.40. The molecule has 0 saturated carbocycles. The van der Waals surface area contributed by atoms with Gasteiger partial charge < -0.3 is 5.32 Å². The number of benzene rings is 3. The van der Waals surface area contributed by atoms with E-state index >= 15 is 0 Å². The Labute approximate surface area is 209 Å². The van der Waals surface area contributed by atoms with Crippen LogP contribution in [0.15, 0.2) is 83.8 Å². The summed E-state index contributed by atoms with van der Waals surface area (Å²) in [5, 5.41) is 2.28. The fourth-order valence-corrected chi connectivity index (χ4v) is 4.98. The van der Waals surface area contributed by atoms with Crippen molar-refractivity contribution in [1.82, 2.24) is 4.90 Å². The van der Waals surface area contributed by atoms with Gasteiger partial charge in [0.2, 0.25) is 5.91 Å². The van der Waals surface area contributed by atoms with Crippen molar-refractivity contribution in [3.63, 3.8) is 0 Å². The van der Waals surface area contributed by atoms with E-state index in [2.05, 4.69) is 5.32 Å². The second-order valence-corrected chi connectivity index (χ2v) is 9.42. The third kappa shape index (κ3) is 5.47. The molecule has 1 heterocycles.